The van der Waals surface area contributed by atoms with Gasteiger partial charge in [-0.3, -0.25) is 0 Å². The Balaban J connectivity index is 1.78. The van der Waals surface area contributed by atoms with Gasteiger partial charge in [-0.05, 0) is 29.2 Å². The van der Waals surface area contributed by atoms with E-state index in [0.717, 1.165) is 12.3 Å². The first-order valence-corrected chi connectivity index (χ1v) is 6.90. The molecular weight excluding hydrogens is 248 g/mol. The van der Waals surface area contributed by atoms with E-state index in [0.29, 0.717) is 6.61 Å². The molecule has 0 spiro atoms. The third-order valence-electron chi connectivity index (χ3n) is 3.11. The van der Waals surface area contributed by atoms with Crippen LogP contribution in [0, 0.1) is 0 Å². The molecule has 0 radical (unpaired) electrons. The normalized spacial score (nSPS) is 11.9. The summed E-state index contributed by atoms with van der Waals surface area (Å²) in [5.41, 5.74) is 1.50. The number of nitrogens with zero attached hydrogens (tertiary/aromatic N) is 2. The molecule has 0 bridgehead atoms. The van der Waals surface area contributed by atoms with E-state index in [-0.39, 0.29) is 5.41 Å². The molecule has 1 aromatic carbocycles. The Morgan fingerprint density at radius 2 is 1.90 bits per heavy atom. The summed E-state index contributed by atoms with van der Waals surface area (Å²) in [6, 6.07) is 8.32. The molecule has 1 heterocycles. The number of imidazole rings is 1. The van der Waals surface area contributed by atoms with Crippen LogP contribution in [0.25, 0.3) is 0 Å². The van der Waals surface area contributed by atoms with Gasteiger partial charge in [-0.25, -0.2) is 4.98 Å². The standard InChI is InChI=1S/C17H22N2O/c1-17(2,3)15-6-8-16(9-7-15)20-13-5-4-11-19-12-10-18-14-19/h4-10,12,14H,11,13H2,1-3H3/b5-4+. The number of hydrogen-bond acceptors (Lipinski definition) is 2. The molecule has 0 aliphatic carbocycles. The minimum atomic E-state index is 0.184. The van der Waals surface area contributed by atoms with Crippen molar-refractivity contribution >= 4 is 0 Å². The highest BCUT2D eigenvalue weighted by Crippen LogP contribution is 2.24. The molecule has 3 nitrogen and oxygen atoms in total. The highest BCUT2D eigenvalue weighted by molar-refractivity contribution is 5.31. The lowest BCUT2D eigenvalue weighted by Crippen LogP contribution is -2.10. The van der Waals surface area contributed by atoms with Crippen LogP contribution >= 0.6 is 0 Å². The summed E-state index contributed by atoms with van der Waals surface area (Å²) in [4.78, 5) is 3.99. The minimum Gasteiger partial charge on any atom is -0.490 e. The second-order valence-corrected chi connectivity index (χ2v) is 5.82. The number of aromatic nitrogens is 2. The number of rotatable bonds is 5. The first kappa shape index (κ1) is 14.4. The van der Waals surface area contributed by atoms with E-state index in [1.54, 1.807) is 12.5 Å². The maximum atomic E-state index is 5.68. The van der Waals surface area contributed by atoms with Crippen molar-refractivity contribution < 1.29 is 4.74 Å². The second kappa shape index (κ2) is 6.42. The van der Waals surface area contributed by atoms with Gasteiger partial charge >= 0.3 is 0 Å². The molecule has 0 saturated carbocycles. The molecular formula is C17H22N2O. The molecule has 3 heteroatoms. The number of hydrogen-bond donors (Lipinski definition) is 0. The molecule has 1 aromatic heterocycles. The van der Waals surface area contributed by atoms with E-state index in [9.17, 15) is 0 Å². The summed E-state index contributed by atoms with van der Waals surface area (Å²) in [5, 5.41) is 0. The highest BCUT2D eigenvalue weighted by Gasteiger charge is 2.12. The lowest BCUT2D eigenvalue weighted by atomic mass is 9.87. The summed E-state index contributed by atoms with van der Waals surface area (Å²) < 4.78 is 7.69. The van der Waals surface area contributed by atoms with E-state index < -0.39 is 0 Å². The van der Waals surface area contributed by atoms with Gasteiger partial charge in [-0.2, -0.15) is 0 Å². The first-order valence-electron chi connectivity index (χ1n) is 6.90. The Bertz CT molecular complexity index is 533. The summed E-state index contributed by atoms with van der Waals surface area (Å²) in [6.07, 6.45) is 9.62. The second-order valence-electron chi connectivity index (χ2n) is 5.82. The van der Waals surface area contributed by atoms with Crippen molar-refractivity contribution in [2.75, 3.05) is 6.61 Å². The summed E-state index contributed by atoms with van der Waals surface area (Å²) in [6.45, 7) is 8.04. The Morgan fingerprint density at radius 1 is 1.15 bits per heavy atom. The van der Waals surface area contributed by atoms with Gasteiger partial charge in [-0.15, -0.1) is 0 Å². The zero-order valence-corrected chi connectivity index (χ0v) is 12.4. The van der Waals surface area contributed by atoms with Gasteiger partial charge in [0.15, 0.2) is 0 Å². The molecule has 2 aromatic rings. The third kappa shape index (κ3) is 4.26. The lowest BCUT2D eigenvalue weighted by molar-refractivity contribution is 0.362. The molecule has 0 saturated heterocycles. The molecule has 20 heavy (non-hydrogen) atoms. The third-order valence-corrected chi connectivity index (χ3v) is 3.11. The zero-order valence-electron chi connectivity index (χ0n) is 12.4. The Kier molecular flexibility index (Phi) is 4.61. The van der Waals surface area contributed by atoms with E-state index in [1.165, 1.54) is 5.56 Å². The Labute approximate surface area is 120 Å². The molecule has 2 rings (SSSR count). The van der Waals surface area contributed by atoms with Crippen molar-refractivity contribution in [1.29, 1.82) is 0 Å². The monoisotopic (exact) mass is 270 g/mol. The highest BCUT2D eigenvalue weighted by atomic mass is 16.5. The topological polar surface area (TPSA) is 27.1 Å². The van der Waals surface area contributed by atoms with E-state index in [1.807, 2.05) is 29.0 Å². The van der Waals surface area contributed by atoms with Gasteiger partial charge in [-0.1, -0.05) is 39.0 Å². The van der Waals surface area contributed by atoms with Crippen LogP contribution in [0.3, 0.4) is 0 Å². The molecule has 0 N–H and O–H groups in total. The summed E-state index contributed by atoms with van der Waals surface area (Å²) >= 11 is 0. The predicted octanol–water partition coefficient (Wildman–Crippen LogP) is 3.82. The maximum Gasteiger partial charge on any atom is 0.119 e. The molecule has 0 aliphatic heterocycles. The number of allylic oxidation sites excluding steroid dienone is 1. The molecule has 0 atom stereocenters. The molecule has 0 fully saturated rings. The van der Waals surface area contributed by atoms with Gasteiger partial charge < -0.3 is 9.30 Å². The van der Waals surface area contributed by atoms with Crippen LogP contribution in [0.1, 0.15) is 26.3 Å². The smallest absolute Gasteiger partial charge is 0.119 e. The predicted molar refractivity (Wildman–Crippen MR) is 82.0 cm³/mol. The molecule has 106 valence electrons. The van der Waals surface area contributed by atoms with Crippen molar-refractivity contribution in [2.24, 2.45) is 0 Å². The van der Waals surface area contributed by atoms with Crippen LogP contribution in [0.15, 0.2) is 55.1 Å². The lowest BCUT2D eigenvalue weighted by Gasteiger charge is -2.19. The first-order chi connectivity index (χ1) is 9.55. The van der Waals surface area contributed by atoms with Crippen molar-refractivity contribution in [3.8, 4) is 5.75 Å². The Morgan fingerprint density at radius 3 is 2.50 bits per heavy atom. The van der Waals surface area contributed by atoms with Crippen LogP contribution in [0.4, 0.5) is 0 Å². The van der Waals surface area contributed by atoms with Crippen LogP contribution in [0.2, 0.25) is 0 Å². The summed E-state index contributed by atoms with van der Waals surface area (Å²) in [7, 11) is 0. The van der Waals surface area contributed by atoms with Crippen molar-refractivity contribution in [3.63, 3.8) is 0 Å². The largest absolute Gasteiger partial charge is 0.490 e. The van der Waals surface area contributed by atoms with Gasteiger partial charge in [0.2, 0.25) is 0 Å². The summed E-state index contributed by atoms with van der Waals surface area (Å²) in [5.74, 6) is 0.908. The van der Waals surface area contributed by atoms with Crippen LogP contribution in [-0.2, 0) is 12.0 Å². The van der Waals surface area contributed by atoms with Gasteiger partial charge in [0.1, 0.15) is 12.4 Å². The van der Waals surface area contributed by atoms with Crippen LogP contribution in [-0.4, -0.2) is 16.2 Å². The van der Waals surface area contributed by atoms with E-state index >= 15 is 0 Å². The quantitative estimate of drug-likeness (QED) is 0.772. The molecule has 0 unspecified atom stereocenters. The van der Waals surface area contributed by atoms with Gasteiger partial charge in [0.25, 0.3) is 0 Å². The van der Waals surface area contributed by atoms with Gasteiger partial charge in [0, 0.05) is 18.9 Å². The Hall–Kier alpha value is -2.03. The van der Waals surface area contributed by atoms with Crippen LogP contribution < -0.4 is 4.74 Å². The fourth-order valence-corrected chi connectivity index (χ4v) is 1.85. The van der Waals surface area contributed by atoms with Crippen LogP contribution in [0.5, 0.6) is 5.75 Å². The number of ether oxygens (including phenoxy) is 1. The SMILES string of the molecule is CC(C)(C)c1ccc(OC/C=C/Cn2ccnc2)cc1. The van der Waals surface area contributed by atoms with Gasteiger partial charge in [0.05, 0.1) is 6.33 Å². The van der Waals surface area contributed by atoms with E-state index in [2.05, 4.69) is 44.0 Å². The van der Waals surface area contributed by atoms with Crippen molar-refractivity contribution in [1.82, 2.24) is 9.55 Å². The number of benzene rings is 1. The zero-order chi connectivity index (χ0) is 14.4. The molecule has 0 aliphatic rings. The fourth-order valence-electron chi connectivity index (χ4n) is 1.85. The molecule has 0 amide bonds. The van der Waals surface area contributed by atoms with E-state index in [4.69, 9.17) is 4.74 Å². The average Bonchev–Trinajstić information content (AvgIpc) is 2.91. The fraction of sp³-hybridized carbons (Fsp3) is 0.353. The van der Waals surface area contributed by atoms with Crippen molar-refractivity contribution in [2.45, 2.75) is 32.7 Å². The van der Waals surface area contributed by atoms with Crippen molar-refractivity contribution in [3.05, 3.63) is 60.7 Å². The average molecular weight is 270 g/mol. The minimum absolute atomic E-state index is 0.184. The maximum absolute atomic E-state index is 5.68.